The number of hydrogen-bond donors (Lipinski definition) is 3. The smallest absolute Gasteiger partial charge is 0.261 e. The van der Waals surface area contributed by atoms with E-state index in [0.717, 1.165) is 23.7 Å². The second-order valence-electron chi connectivity index (χ2n) is 6.31. The van der Waals surface area contributed by atoms with Crippen LogP contribution in [0.4, 0.5) is 0 Å². The SMILES string of the molecule is Cl.NCC(NC(=O)c1cc2ccccc2[nH]c1=O)C1CCCCC1. The van der Waals surface area contributed by atoms with Crippen LogP contribution in [-0.4, -0.2) is 23.5 Å². The number of hydrogen-bond acceptors (Lipinski definition) is 3. The highest BCUT2D eigenvalue weighted by Crippen LogP contribution is 2.26. The van der Waals surface area contributed by atoms with Gasteiger partial charge in [-0.2, -0.15) is 0 Å². The number of aromatic amines is 1. The van der Waals surface area contributed by atoms with Crippen molar-refractivity contribution in [2.75, 3.05) is 6.54 Å². The molecule has 1 fully saturated rings. The largest absolute Gasteiger partial charge is 0.348 e. The Kier molecular flexibility index (Phi) is 6.40. The van der Waals surface area contributed by atoms with Gasteiger partial charge in [0.05, 0.1) is 0 Å². The first-order valence-corrected chi connectivity index (χ1v) is 8.32. The highest BCUT2D eigenvalue weighted by Gasteiger charge is 2.25. The molecule has 1 aliphatic rings. The Morgan fingerprint density at radius 3 is 2.67 bits per heavy atom. The Labute approximate surface area is 147 Å². The van der Waals surface area contributed by atoms with Gasteiger partial charge in [-0.1, -0.05) is 37.5 Å². The van der Waals surface area contributed by atoms with Crippen LogP contribution in [0.2, 0.25) is 0 Å². The van der Waals surface area contributed by atoms with Crippen molar-refractivity contribution >= 4 is 29.2 Å². The van der Waals surface area contributed by atoms with Gasteiger partial charge in [0.25, 0.3) is 11.5 Å². The lowest BCUT2D eigenvalue weighted by atomic mass is 9.84. The number of halogens is 1. The monoisotopic (exact) mass is 349 g/mol. The molecule has 6 heteroatoms. The Morgan fingerprint density at radius 2 is 1.96 bits per heavy atom. The number of nitrogens with one attached hydrogen (secondary N) is 2. The maximum absolute atomic E-state index is 12.5. The van der Waals surface area contributed by atoms with Crippen molar-refractivity contribution in [2.24, 2.45) is 11.7 Å². The first-order chi connectivity index (χ1) is 11.2. The number of rotatable bonds is 4. The summed E-state index contributed by atoms with van der Waals surface area (Å²) in [6, 6.07) is 9.03. The average Bonchev–Trinajstić information content (AvgIpc) is 2.59. The molecule has 3 rings (SSSR count). The lowest BCUT2D eigenvalue weighted by Crippen LogP contribution is -2.47. The predicted octanol–water partition coefficient (Wildman–Crippen LogP) is 2.59. The molecule has 4 N–H and O–H groups in total. The average molecular weight is 350 g/mol. The lowest BCUT2D eigenvalue weighted by Gasteiger charge is -2.30. The van der Waals surface area contributed by atoms with Gasteiger partial charge in [0.1, 0.15) is 5.56 Å². The normalized spacial score (nSPS) is 16.4. The van der Waals surface area contributed by atoms with E-state index in [1.807, 2.05) is 24.3 Å². The number of fused-ring (bicyclic) bond motifs is 1. The summed E-state index contributed by atoms with van der Waals surface area (Å²) in [7, 11) is 0. The number of carbonyl (C=O) groups excluding carboxylic acids is 1. The molecule has 1 unspecified atom stereocenters. The van der Waals surface area contributed by atoms with Crippen molar-refractivity contribution in [3.05, 3.63) is 46.2 Å². The number of pyridine rings is 1. The van der Waals surface area contributed by atoms with Gasteiger partial charge in [0, 0.05) is 18.1 Å². The van der Waals surface area contributed by atoms with Crippen LogP contribution >= 0.6 is 12.4 Å². The molecule has 24 heavy (non-hydrogen) atoms. The standard InChI is InChI=1S/C18H23N3O2.ClH/c19-11-16(12-6-2-1-3-7-12)21-18(23)14-10-13-8-4-5-9-15(13)20-17(14)22;/h4-5,8-10,12,16H,1-3,6-7,11,19H2,(H,20,22)(H,21,23);1H. The summed E-state index contributed by atoms with van der Waals surface area (Å²) in [4.78, 5) is 27.5. The van der Waals surface area contributed by atoms with Crippen molar-refractivity contribution in [2.45, 2.75) is 38.1 Å². The Balaban J connectivity index is 0.00000208. The van der Waals surface area contributed by atoms with E-state index in [2.05, 4.69) is 10.3 Å². The second-order valence-corrected chi connectivity index (χ2v) is 6.31. The van der Waals surface area contributed by atoms with Crippen LogP contribution in [0.15, 0.2) is 35.1 Å². The molecular weight excluding hydrogens is 326 g/mol. The first-order valence-electron chi connectivity index (χ1n) is 8.32. The molecule has 0 bridgehead atoms. The molecule has 5 nitrogen and oxygen atoms in total. The molecule has 1 aliphatic carbocycles. The summed E-state index contributed by atoms with van der Waals surface area (Å²) in [5, 5.41) is 3.82. The van der Waals surface area contributed by atoms with E-state index in [-0.39, 0.29) is 35.5 Å². The van der Waals surface area contributed by atoms with Gasteiger partial charge in [-0.15, -0.1) is 12.4 Å². The Bertz CT molecular complexity index is 753. The fourth-order valence-corrected chi connectivity index (χ4v) is 3.47. The Hall–Kier alpha value is -1.85. The van der Waals surface area contributed by atoms with Gasteiger partial charge in [-0.05, 0) is 36.3 Å². The molecular formula is C18H24ClN3O2. The van der Waals surface area contributed by atoms with E-state index in [0.29, 0.717) is 12.5 Å². The van der Waals surface area contributed by atoms with E-state index in [9.17, 15) is 9.59 Å². The van der Waals surface area contributed by atoms with Crippen LogP contribution in [0.25, 0.3) is 10.9 Å². The molecule has 2 aromatic rings. The predicted molar refractivity (Wildman–Crippen MR) is 98.7 cm³/mol. The third kappa shape index (κ3) is 3.97. The van der Waals surface area contributed by atoms with E-state index >= 15 is 0 Å². The molecule has 0 radical (unpaired) electrons. The molecule has 1 aromatic carbocycles. The number of para-hydroxylation sites is 1. The third-order valence-corrected chi connectivity index (χ3v) is 4.79. The molecule has 1 amide bonds. The number of benzene rings is 1. The van der Waals surface area contributed by atoms with Gasteiger partial charge >= 0.3 is 0 Å². The molecule has 0 saturated heterocycles. The Morgan fingerprint density at radius 1 is 1.25 bits per heavy atom. The maximum Gasteiger partial charge on any atom is 0.261 e. The van der Waals surface area contributed by atoms with Crippen molar-refractivity contribution in [3.63, 3.8) is 0 Å². The third-order valence-electron chi connectivity index (χ3n) is 4.79. The van der Waals surface area contributed by atoms with Crippen molar-refractivity contribution in [1.82, 2.24) is 10.3 Å². The van der Waals surface area contributed by atoms with Crippen LogP contribution < -0.4 is 16.6 Å². The first kappa shape index (κ1) is 18.5. The summed E-state index contributed by atoms with van der Waals surface area (Å²) in [6.07, 6.45) is 5.82. The number of carbonyl (C=O) groups is 1. The summed E-state index contributed by atoms with van der Waals surface area (Å²) >= 11 is 0. The van der Waals surface area contributed by atoms with Crippen molar-refractivity contribution in [3.8, 4) is 0 Å². The maximum atomic E-state index is 12.5. The fraction of sp³-hybridized carbons (Fsp3) is 0.444. The lowest BCUT2D eigenvalue weighted by molar-refractivity contribution is 0.0914. The van der Waals surface area contributed by atoms with Crippen LogP contribution in [-0.2, 0) is 0 Å². The number of nitrogens with two attached hydrogens (primary N) is 1. The highest BCUT2D eigenvalue weighted by molar-refractivity contribution is 5.97. The molecule has 1 aromatic heterocycles. The van der Waals surface area contributed by atoms with Gasteiger partial charge in [-0.3, -0.25) is 9.59 Å². The van der Waals surface area contributed by atoms with Crippen LogP contribution in [0.3, 0.4) is 0 Å². The molecule has 130 valence electrons. The zero-order valence-electron chi connectivity index (χ0n) is 13.6. The van der Waals surface area contributed by atoms with Crippen LogP contribution in [0.5, 0.6) is 0 Å². The minimum atomic E-state index is -0.361. The molecule has 0 spiro atoms. The summed E-state index contributed by atoms with van der Waals surface area (Å²) < 4.78 is 0. The van der Waals surface area contributed by atoms with Crippen LogP contribution in [0, 0.1) is 5.92 Å². The minimum absolute atomic E-state index is 0. The minimum Gasteiger partial charge on any atom is -0.348 e. The zero-order chi connectivity index (χ0) is 16.2. The number of H-pyrrole nitrogens is 1. The van der Waals surface area contributed by atoms with E-state index in [4.69, 9.17) is 5.73 Å². The zero-order valence-corrected chi connectivity index (χ0v) is 14.4. The van der Waals surface area contributed by atoms with Gasteiger partial charge in [-0.25, -0.2) is 0 Å². The fourth-order valence-electron chi connectivity index (χ4n) is 3.47. The van der Waals surface area contributed by atoms with Gasteiger partial charge < -0.3 is 16.0 Å². The number of amides is 1. The van der Waals surface area contributed by atoms with E-state index in [1.165, 1.54) is 19.3 Å². The van der Waals surface area contributed by atoms with Crippen molar-refractivity contribution < 1.29 is 4.79 Å². The van der Waals surface area contributed by atoms with E-state index in [1.54, 1.807) is 6.07 Å². The summed E-state index contributed by atoms with van der Waals surface area (Å²) in [6.45, 7) is 0.405. The van der Waals surface area contributed by atoms with Crippen molar-refractivity contribution in [1.29, 1.82) is 0 Å². The second kappa shape index (κ2) is 8.31. The molecule has 1 atom stereocenters. The van der Waals surface area contributed by atoms with Gasteiger partial charge in [0.2, 0.25) is 0 Å². The highest BCUT2D eigenvalue weighted by atomic mass is 35.5. The van der Waals surface area contributed by atoms with E-state index < -0.39 is 0 Å². The topological polar surface area (TPSA) is 88.0 Å². The summed E-state index contributed by atoms with van der Waals surface area (Å²) in [5.74, 6) is 0.0789. The summed E-state index contributed by atoms with van der Waals surface area (Å²) in [5.41, 5.74) is 6.38. The number of aromatic nitrogens is 1. The quantitative estimate of drug-likeness (QED) is 0.792. The molecule has 1 heterocycles. The molecule has 1 saturated carbocycles. The van der Waals surface area contributed by atoms with Gasteiger partial charge in [0.15, 0.2) is 0 Å². The molecule has 0 aliphatic heterocycles. The van der Waals surface area contributed by atoms with Crippen LogP contribution in [0.1, 0.15) is 42.5 Å².